The molecule has 0 heterocycles. The molecule has 2 amide bonds. The van der Waals surface area contributed by atoms with Gasteiger partial charge in [0, 0.05) is 15.7 Å². The van der Waals surface area contributed by atoms with Crippen LogP contribution in [0, 0.1) is 6.92 Å². The van der Waals surface area contributed by atoms with E-state index in [9.17, 15) is 9.59 Å². The summed E-state index contributed by atoms with van der Waals surface area (Å²) in [5, 5.41) is 6.47. The summed E-state index contributed by atoms with van der Waals surface area (Å²) in [6.45, 7) is 1.86. The van der Waals surface area contributed by atoms with Crippen LogP contribution in [0.25, 0.3) is 0 Å². The summed E-state index contributed by atoms with van der Waals surface area (Å²) in [5.74, 6) is -0.953. The fourth-order valence-corrected chi connectivity index (χ4v) is 2.33. The standard InChI is InChI=1S/C16H13Cl3N2O2/c1-9-2-4-11(7-13(9)19)20-15(22)8-16(23)21-14-6-10(17)3-5-12(14)18/h2-7H,8H2,1H3,(H,20,22)(H,21,23). The van der Waals surface area contributed by atoms with Crippen LogP contribution in [0.15, 0.2) is 36.4 Å². The zero-order valence-electron chi connectivity index (χ0n) is 12.1. The van der Waals surface area contributed by atoms with E-state index in [1.165, 1.54) is 6.07 Å². The Morgan fingerprint density at radius 3 is 2.30 bits per heavy atom. The average molecular weight is 372 g/mol. The Kier molecular flexibility index (Phi) is 5.88. The Morgan fingerprint density at radius 2 is 1.61 bits per heavy atom. The van der Waals surface area contributed by atoms with Crippen molar-refractivity contribution in [2.75, 3.05) is 10.6 Å². The van der Waals surface area contributed by atoms with Crippen molar-refractivity contribution in [2.45, 2.75) is 13.3 Å². The first-order chi connectivity index (χ1) is 10.8. The lowest BCUT2D eigenvalue weighted by atomic mass is 10.2. The van der Waals surface area contributed by atoms with Crippen LogP contribution in [0.3, 0.4) is 0 Å². The maximum atomic E-state index is 11.9. The van der Waals surface area contributed by atoms with E-state index in [2.05, 4.69) is 10.6 Å². The third kappa shape index (κ3) is 5.13. The first-order valence-corrected chi connectivity index (χ1v) is 7.79. The molecule has 0 fully saturated rings. The molecule has 0 radical (unpaired) electrons. The minimum Gasteiger partial charge on any atom is -0.326 e. The molecule has 0 saturated carbocycles. The zero-order valence-corrected chi connectivity index (χ0v) is 14.4. The van der Waals surface area contributed by atoms with E-state index in [1.54, 1.807) is 30.3 Å². The van der Waals surface area contributed by atoms with Gasteiger partial charge < -0.3 is 10.6 Å². The number of hydrogen-bond donors (Lipinski definition) is 2. The molecule has 2 aromatic rings. The highest BCUT2D eigenvalue weighted by Gasteiger charge is 2.12. The molecule has 2 N–H and O–H groups in total. The number of amides is 2. The van der Waals surface area contributed by atoms with Crippen molar-refractivity contribution in [1.29, 1.82) is 0 Å². The number of hydrogen-bond acceptors (Lipinski definition) is 2. The lowest BCUT2D eigenvalue weighted by Crippen LogP contribution is -2.21. The summed E-state index contributed by atoms with van der Waals surface area (Å²) in [5.41, 5.74) is 1.78. The zero-order chi connectivity index (χ0) is 17.0. The molecule has 4 nitrogen and oxygen atoms in total. The summed E-state index contributed by atoms with van der Waals surface area (Å²) in [4.78, 5) is 23.8. The predicted octanol–water partition coefficient (Wildman–Crippen LogP) is 4.92. The van der Waals surface area contributed by atoms with Gasteiger partial charge in [-0.05, 0) is 42.8 Å². The van der Waals surface area contributed by atoms with Gasteiger partial charge in [-0.2, -0.15) is 0 Å². The summed E-state index contributed by atoms with van der Waals surface area (Å²) in [6.07, 6.45) is -0.353. The molecule has 120 valence electrons. The second-order valence-corrected chi connectivity index (χ2v) is 6.11. The molecule has 7 heteroatoms. The van der Waals surface area contributed by atoms with Crippen molar-refractivity contribution in [2.24, 2.45) is 0 Å². The predicted molar refractivity (Wildman–Crippen MR) is 94.5 cm³/mol. The van der Waals surface area contributed by atoms with Crippen molar-refractivity contribution < 1.29 is 9.59 Å². The number of aryl methyl sites for hydroxylation is 1. The van der Waals surface area contributed by atoms with Crippen LogP contribution in [0.1, 0.15) is 12.0 Å². The molecule has 0 aliphatic rings. The van der Waals surface area contributed by atoms with Gasteiger partial charge >= 0.3 is 0 Å². The smallest absolute Gasteiger partial charge is 0.233 e. The molecule has 0 aliphatic heterocycles. The van der Waals surface area contributed by atoms with Gasteiger partial charge in [0.05, 0.1) is 10.7 Å². The lowest BCUT2D eigenvalue weighted by molar-refractivity contribution is -0.123. The molecule has 0 saturated heterocycles. The highest BCUT2D eigenvalue weighted by atomic mass is 35.5. The van der Waals surface area contributed by atoms with Crippen LogP contribution in [0.4, 0.5) is 11.4 Å². The molecule has 0 unspecified atom stereocenters. The third-order valence-corrected chi connectivity index (χ3v) is 3.95. The van der Waals surface area contributed by atoms with E-state index in [4.69, 9.17) is 34.8 Å². The number of carbonyl (C=O) groups is 2. The Balaban J connectivity index is 1.95. The molecule has 23 heavy (non-hydrogen) atoms. The monoisotopic (exact) mass is 370 g/mol. The lowest BCUT2D eigenvalue weighted by Gasteiger charge is -2.09. The van der Waals surface area contributed by atoms with E-state index in [1.807, 2.05) is 6.92 Å². The maximum Gasteiger partial charge on any atom is 0.233 e. The van der Waals surface area contributed by atoms with Gasteiger partial charge in [0.15, 0.2) is 0 Å². The van der Waals surface area contributed by atoms with Gasteiger partial charge in [-0.3, -0.25) is 9.59 Å². The molecule has 0 atom stereocenters. The fourth-order valence-electron chi connectivity index (χ4n) is 1.81. The second-order valence-electron chi connectivity index (χ2n) is 4.86. The van der Waals surface area contributed by atoms with E-state index < -0.39 is 11.8 Å². The number of carbonyl (C=O) groups excluding carboxylic acids is 2. The van der Waals surface area contributed by atoms with Gasteiger partial charge in [0.1, 0.15) is 6.42 Å². The average Bonchev–Trinajstić information content (AvgIpc) is 2.46. The van der Waals surface area contributed by atoms with Crippen molar-refractivity contribution >= 4 is 58.0 Å². The van der Waals surface area contributed by atoms with Gasteiger partial charge in [-0.1, -0.05) is 40.9 Å². The molecule has 0 bridgehead atoms. The van der Waals surface area contributed by atoms with Gasteiger partial charge in [0.25, 0.3) is 0 Å². The van der Waals surface area contributed by atoms with E-state index in [-0.39, 0.29) is 6.42 Å². The number of halogens is 3. The van der Waals surface area contributed by atoms with Crippen molar-refractivity contribution in [3.05, 3.63) is 57.0 Å². The van der Waals surface area contributed by atoms with E-state index in [0.717, 1.165) is 5.56 Å². The SMILES string of the molecule is Cc1ccc(NC(=O)CC(=O)Nc2cc(Cl)ccc2Cl)cc1Cl. The summed E-state index contributed by atoms with van der Waals surface area (Å²) < 4.78 is 0. The quantitative estimate of drug-likeness (QED) is 0.749. The fraction of sp³-hybridized carbons (Fsp3) is 0.125. The van der Waals surface area contributed by atoms with Crippen LogP contribution in [-0.4, -0.2) is 11.8 Å². The first kappa shape index (κ1) is 17.6. The van der Waals surface area contributed by atoms with E-state index in [0.29, 0.717) is 26.4 Å². The van der Waals surface area contributed by atoms with Crippen LogP contribution >= 0.6 is 34.8 Å². The number of nitrogens with one attached hydrogen (secondary N) is 2. The second kappa shape index (κ2) is 7.68. The normalized spacial score (nSPS) is 10.3. The Hall–Kier alpha value is -1.75. The minimum atomic E-state index is -0.495. The van der Waals surface area contributed by atoms with Crippen LogP contribution in [0.2, 0.25) is 15.1 Å². The molecular formula is C16H13Cl3N2O2. The molecule has 0 aromatic heterocycles. The van der Waals surface area contributed by atoms with Crippen LogP contribution < -0.4 is 10.6 Å². The minimum absolute atomic E-state index is 0.341. The third-order valence-electron chi connectivity index (χ3n) is 2.98. The topological polar surface area (TPSA) is 58.2 Å². The summed E-state index contributed by atoms with van der Waals surface area (Å²) in [6, 6.07) is 9.80. The molecule has 0 spiro atoms. The van der Waals surface area contributed by atoms with Crippen LogP contribution in [-0.2, 0) is 9.59 Å². The van der Waals surface area contributed by atoms with Gasteiger partial charge in [0.2, 0.25) is 11.8 Å². The first-order valence-electron chi connectivity index (χ1n) is 6.66. The summed E-state index contributed by atoms with van der Waals surface area (Å²) >= 11 is 17.8. The van der Waals surface area contributed by atoms with Crippen molar-refractivity contribution in [3.63, 3.8) is 0 Å². The van der Waals surface area contributed by atoms with E-state index >= 15 is 0 Å². The molecule has 0 aliphatic carbocycles. The highest BCUT2D eigenvalue weighted by molar-refractivity contribution is 6.35. The maximum absolute atomic E-state index is 11.9. The van der Waals surface area contributed by atoms with Gasteiger partial charge in [-0.15, -0.1) is 0 Å². The Labute approximate surface area is 148 Å². The van der Waals surface area contributed by atoms with Crippen molar-refractivity contribution in [3.8, 4) is 0 Å². The molecular weight excluding hydrogens is 359 g/mol. The number of anilines is 2. The van der Waals surface area contributed by atoms with Crippen LogP contribution in [0.5, 0.6) is 0 Å². The molecule has 2 rings (SSSR count). The number of rotatable bonds is 4. The Bertz CT molecular complexity index is 763. The largest absolute Gasteiger partial charge is 0.326 e. The number of benzene rings is 2. The van der Waals surface area contributed by atoms with Gasteiger partial charge in [-0.25, -0.2) is 0 Å². The Morgan fingerprint density at radius 1 is 0.913 bits per heavy atom. The molecule has 2 aromatic carbocycles. The summed E-state index contributed by atoms with van der Waals surface area (Å²) in [7, 11) is 0. The van der Waals surface area contributed by atoms with Crippen molar-refractivity contribution in [1.82, 2.24) is 0 Å². The highest BCUT2D eigenvalue weighted by Crippen LogP contribution is 2.25.